The molecule has 2 aromatic heterocycles. The Bertz CT molecular complexity index is 617. The first-order valence-electron chi connectivity index (χ1n) is 6.78. The standard InChI is InChI=1S/C13H17N5O/c1-10-14-15-11-2-3-12(16-18(10)11)17-6-4-13(8-17)5-7-19-9-13/h2-3H,4-9H2,1H3/t13-/m1/s1. The largest absolute Gasteiger partial charge is 0.381 e. The maximum Gasteiger partial charge on any atom is 0.178 e. The number of hydrogen-bond acceptors (Lipinski definition) is 5. The van der Waals surface area contributed by atoms with Gasteiger partial charge in [0.1, 0.15) is 5.82 Å². The van der Waals surface area contributed by atoms with E-state index in [4.69, 9.17) is 4.74 Å². The van der Waals surface area contributed by atoms with Gasteiger partial charge in [0, 0.05) is 25.1 Å². The van der Waals surface area contributed by atoms with Crippen molar-refractivity contribution in [3.63, 3.8) is 0 Å². The van der Waals surface area contributed by atoms with Crippen molar-refractivity contribution in [2.75, 3.05) is 31.2 Å². The molecule has 4 rings (SSSR count). The second kappa shape index (κ2) is 3.90. The lowest BCUT2D eigenvalue weighted by molar-refractivity contribution is 0.160. The van der Waals surface area contributed by atoms with E-state index in [0.717, 1.165) is 43.6 Å². The lowest BCUT2D eigenvalue weighted by Crippen LogP contribution is -2.28. The zero-order chi connectivity index (χ0) is 12.9. The molecule has 0 amide bonds. The van der Waals surface area contributed by atoms with Gasteiger partial charge in [-0.15, -0.1) is 15.3 Å². The number of ether oxygens (including phenoxy) is 1. The maximum atomic E-state index is 5.57. The van der Waals surface area contributed by atoms with E-state index in [-0.39, 0.29) is 0 Å². The smallest absolute Gasteiger partial charge is 0.178 e. The lowest BCUT2D eigenvalue weighted by Gasteiger charge is -2.22. The molecule has 1 atom stereocenters. The summed E-state index contributed by atoms with van der Waals surface area (Å²) in [6.45, 7) is 5.84. The molecule has 0 bridgehead atoms. The summed E-state index contributed by atoms with van der Waals surface area (Å²) in [7, 11) is 0. The van der Waals surface area contributed by atoms with E-state index in [9.17, 15) is 0 Å². The van der Waals surface area contributed by atoms with Crippen LogP contribution in [-0.2, 0) is 4.74 Å². The molecule has 2 fully saturated rings. The third kappa shape index (κ3) is 1.70. The second-order valence-corrected chi connectivity index (χ2v) is 5.68. The van der Waals surface area contributed by atoms with Crippen molar-refractivity contribution in [2.45, 2.75) is 19.8 Å². The van der Waals surface area contributed by atoms with Crippen molar-refractivity contribution in [3.05, 3.63) is 18.0 Å². The highest BCUT2D eigenvalue weighted by atomic mass is 16.5. The Hall–Kier alpha value is -1.69. The molecule has 4 heterocycles. The topological polar surface area (TPSA) is 55.5 Å². The van der Waals surface area contributed by atoms with Crippen LogP contribution in [0.5, 0.6) is 0 Å². The van der Waals surface area contributed by atoms with E-state index in [1.807, 2.05) is 23.6 Å². The number of rotatable bonds is 1. The number of fused-ring (bicyclic) bond motifs is 1. The summed E-state index contributed by atoms with van der Waals surface area (Å²) in [5.41, 5.74) is 1.16. The number of aryl methyl sites for hydroxylation is 1. The van der Waals surface area contributed by atoms with Gasteiger partial charge in [0.2, 0.25) is 0 Å². The van der Waals surface area contributed by atoms with Gasteiger partial charge in [-0.25, -0.2) is 0 Å². The van der Waals surface area contributed by atoms with E-state index < -0.39 is 0 Å². The van der Waals surface area contributed by atoms with Crippen LogP contribution in [0.15, 0.2) is 12.1 Å². The fourth-order valence-electron chi connectivity index (χ4n) is 3.16. The van der Waals surface area contributed by atoms with Crippen LogP contribution in [0.4, 0.5) is 5.82 Å². The number of hydrogen-bond donors (Lipinski definition) is 0. The molecule has 100 valence electrons. The zero-order valence-electron chi connectivity index (χ0n) is 11.0. The van der Waals surface area contributed by atoms with E-state index in [1.54, 1.807) is 0 Å². The summed E-state index contributed by atoms with van der Waals surface area (Å²) >= 11 is 0. The molecule has 0 unspecified atom stereocenters. The van der Waals surface area contributed by atoms with Crippen molar-refractivity contribution in [1.82, 2.24) is 19.8 Å². The molecule has 19 heavy (non-hydrogen) atoms. The van der Waals surface area contributed by atoms with E-state index >= 15 is 0 Å². The Morgan fingerprint density at radius 2 is 2.21 bits per heavy atom. The number of nitrogens with zero attached hydrogens (tertiary/aromatic N) is 5. The lowest BCUT2D eigenvalue weighted by atomic mass is 9.87. The average molecular weight is 259 g/mol. The molecular weight excluding hydrogens is 242 g/mol. The van der Waals surface area contributed by atoms with Crippen molar-refractivity contribution >= 4 is 11.5 Å². The van der Waals surface area contributed by atoms with Gasteiger partial charge in [-0.05, 0) is 31.9 Å². The monoisotopic (exact) mass is 259 g/mol. The SMILES string of the molecule is Cc1nnc2ccc(N3CC[C@@]4(CCOC4)C3)nn12. The quantitative estimate of drug-likeness (QED) is 0.766. The maximum absolute atomic E-state index is 5.57. The van der Waals surface area contributed by atoms with Gasteiger partial charge in [-0.2, -0.15) is 4.52 Å². The van der Waals surface area contributed by atoms with Gasteiger partial charge in [0.15, 0.2) is 11.5 Å². The van der Waals surface area contributed by atoms with Crippen LogP contribution < -0.4 is 4.90 Å². The van der Waals surface area contributed by atoms with Gasteiger partial charge >= 0.3 is 0 Å². The van der Waals surface area contributed by atoms with Crippen molar-refractivity contribution in [3.8, 4) is 0 Å². The average Bonchev–Trinajstić information content (AvgIpc) is 3.13. The predicted molar refractivity (Wildman–Crippen MR) is 70.2 cm³/mol. The van der Waals surface area contributed by atoms with Crippen molar-refractivity contribution < 1.29 is 4.74 Å². The van der Waals surface area contributed by atoms with Gasteiger partial charge < -0.3 is 9.64 Å². The molecule has 6 nitrogen and oxygen atoms in total. The highest BCUT2D eigenvalue weighted by Gasteiger charge is 2.41. The molecule has 2 aliphatic rings. The Balaban J connectivity index is 1.65. The second-order valence-electron chi connectivity index (χ2n) is 5.68. The summed E-state index contributed by atoms with van der Waals surface area (Å²) in [4.78, 5) is 2.35. The van der Waals surface area contributed by atoms with Crippen LogP contribution in [0.2, 0.25) is 0 Å². The fourth-order valence-corrected chi connectivity index (χ4v) is 3.16. The van der Waals surface area contributed by atoms with Crippen LogP contribution in [0.3, 0.4) is 0 Å². The Morgan fingerprint density at radius 1 is 1.26 bits per heavy atom. The molecule has 6 heteroatoms. The number of aromatic nitrogens is 4. The summed E-state index contributed by atoms with van der Waals surface area (Å²) in [6, 6.07) is 4.02. The summed E-state index contributed by atoms with van der Waals surface area (Å²) < 4.78 is 7.38. The fraction of sp³-hybridized carbons (Fsp3) is 0.615. The molecule has 0 aromatic carbocycles. The first-order chi connectivity index (χ1) is 9.26. The first kappa shape index (κ1) is 11.2. The van der Waals surface area contributed by atoms with Gasteiger partial charge in [-0.1, -0.05) is 0 Å². The minimum atomic E-state index is 0.360. The first-order valence-corrected chi connectivity index (χ1v) is 6.78. The van der Waals surface area contributed by atoms with E-state index in [1.165, 1.54) is 12.8 Å². The normalized spacial score (nSPS) is 26.9. The summed E-state index contributed by atoms with van der Waals surface area (Å²) in [5.74, 6) is 1.84. The van der Waals surface area contributed by atoms with Crippen molar-refractivity contribution in [1.29, 1.82) is 0 Å². The van der Waals surface area contributed by atoms with Crippen molar-refractivity contribution in [2.24, 2.45) is 5.41 Å². The summed E-state index contributed by atoms with van der Waals surface area (Å²) in [5, 5.41) is 12.8. The molecule has 2 aliphatic heterocycles. The van der Waals surface area contributed by atoms with Crippen LogP contribution in [0.25, 0.3) is 5.65 Å². The van der Waals surface area contributed by atoms with Gasteiger partial charge in [0.05, 0.1) is 6.61 Å². The van der Waals surface area contributed by atoms with Crippen LogP contribution in [0, 0.1) is 12.3 Å². The highest BCUT2D eigenvalue weighted by molar-refractivity contribution is 5.46. The van der Waals surface area contributed by atoms with Gasteiger partial charge in [-0.3, -0.25) is 0 Å². The molecular formula is C13H17N5O. The van der Waals surface area contributed by atoms with E-state index in [0.29, 0.717) is 5.41 Å². The third-order valence-electron chi connectivity index (χ3n) is 4.35. The molecule has 0 N–H and O–H groups in total. The minimum Gasteiger partial charge on any atom is -0.381 e. The van der Waals surface area contributed by atoms with Crippen LogP contribution in [0.1, 0.15) is 18.7 Å². The molecule has 1 spiro atoms. The van der Waals surface area contributed by atoms with Gasteiger partial charge in [0.25, 0.3) is 0 Å². The predicted octanol–water partition coefficient (Wildman–Crippen LogP) is 1.05. The highest BCUT2D eigenvalue weighted by Crippen LogP contribution is 2.39. The zero-order valence-corrected chi connectivity index (χ0v) is 11.0. The molecule has 0 saturated carbocycles. The van der Waals surface area contributed by atoms with Crippen LogP contribution in [-0.4, -0.2) is 46.1 Å². The molecule has 0 radical (unpaired) electrons. The Labute approximate surface area is 111 Å². The van der Waals surface area contributed by atoms with Crippen LogP contribution >= 0.6 is 0 Å². The van der Waals surface area contributed by atoms with E-state index in [2.05, 4.69) is 20.2 Å². The summed E-state index contributed by atoms with van der Waals surface area (Å²) in [6.07, 6.45) is 2.38. The Morgan fingerprint density at radius 3 is 3.05 bits per heavy atom. The molecule has 2 aromatic rings. The third-order valence-corrected chi connectivity index (χ3v) is 4.35. The Kier molecular flexibility index (Phi) is 2.29. The molecule has 2 saturated heterocycles. The number of anilines is 1. The molecule has 0 aliphatic carbocycles. The minimum absolute atomic E-state index is 0.360.